The Bertz CT molecular complexity index is 79.0. The third-order valence-corrected chi connectivity index (χ3v) is 1.13. The molecule has 0 saturated carbocycles. The third kappa shape index (κ3) is 2.28. The molecule has 2 heteroatoms. The van der Waals surface area contributed by atoms with E-state index < -0.39 is 5.60 Å². The number of epoxide rings is 1. The molecular formula is C6H12O2. The van der Waals surface area contributed by atoms with E-state index in [9.17, 15) is 0 Å². The van der Waals surface area contributed by atoms with Crippen LogP contribution in [0.4, 0.5) is 0 Å². The normalized spacial score (nSPS) is 28.1. The van der Waals surface area contributed by atoms with Gasteiger partial charge in [-0.15, -0.1) is 0 Å². The number of rotatable bonds is 2. The predicted molar refractivity (Wildman–Crippen MR) is 30.7 cm³/mol. The lowest BCUT2D eigenvalue weighted by molar-refractivity contribution is 0.0624. The maximum Gasteiger partial charge on any atom is 0.0837 e. The fraction of sp³-hybridized carbons (Fsp3) is 1.00. The standard InChI is InChI=1S/C6H12O2/c1-6(2,7)3-5-4-8-5/h5,7H,3-4H2,1-2H3/t5-/m1/s1. The van der Waals surface area contributed by atoms with Crippen molar-refractivity contribution in [2.75, 3.05) is 6.61 Å². The van der Waals surface area contributed by atoms with Crippen LogP contribution in [0.2, 0.25) is 0 Å². The van der Waals surface area contributed by atoms with Gasteiger partial charge in [0.1, 0.15) is 0 Å². The van der Waals surface area contributed by atoms with Gasteiger partial charge in [-0.25, -0.2) is 0 Å². The van der Waals surface area contributed by atoms with E-state index in [0.717, 1.165) is 13.0 Å². The van der Waals surface area contributed by atoms with Crippen LogP contribution in [0.1, 0.15) is 20.3 Å². The largest absolute Gasteiger partial charge is 0.390 e. The fourth-order valence-corrected chi connectivity index (χ4v) is 0.743. The van der Waals surface area contributed by atoms with Crippen LogP contribution in [0.5, 0.6) is 0 Å². The topological polar surface area (TPSA) is 32.8 Å². The first-order valence-corrected chi connectivity index (χ1v) is 2.92. The molecule has 0 spiro atoms. The summed E-state index contributed by atoms with van der Waals surface area (Å²) in [6.45, 7) is 4.44. The van der Waals surface area contributed by atoms with E-state index >= 15 is 0 Å². The molecule has 1 saturated heterocycles. The Balaban J connectivity index is 2.16. The zero-order valence-corrected chi connectivity index (χ0v) is 5.35. The fourth-order valence-electron chi connectivity index (χ4n) is 0.743. The highest BCUT2D eigenvalue weighted by Gasteiger charge is 2.29. The lowest BCUT2D eigenvalue weighted by Gasteiger charge is -2.13. The zero-order valence-electron chi connectivity index (χ0n) is 5.35. The van der Waals surface area contributed by atoms with Gasteiger partial charge in [-0.05, 0) is 13.8 Å². The third-order valence-electron chi connectivity index (χ3n) is 1.13. The summed E-state index contributed by atoms with van der Waals surface area (Å²) >= 11 is 0. The van der Waals surface area contributed by atoms with Gasteiger partial charge in [-0.1, -0.05) is 0 Å². The summed E-state index contributed by atoms with van der Waals surface area (Å²) in [7, 11) is 0. The molecule has 0 aromatic heterocycles. The van der Waals surface area contributed by atoms with Gasteiger partial charge in [0.15, 0.2) is 0 Å². The minimum absolute atomic E-state index is 0.343. The van der Waals surface area contributed by atoms with Crippen LogP contribution < -0.4 is 0 Å². The van der Waals surface area contributed by atoms with Gasteiger partial charge < -0.3 is 9.84 Å². The summed E-state index contributed by atoms with van der Waals surface area (Å²) in [5, 5.41) is 9.15. The maximum absolute atomic E-state index is 9.15. The first-order valence-electron chi connectivity index (χ1n) is 2.92. The quantitative estimate of drug-likeness (QED) is 0.534. The molecule has 1 aliphatic heterocycles. The minimum atomic E-state index is -0.541. The highest BCUT2D eigenvalue weighted by molar-refractivity contribution is 4.78. The van der Waals surface area contributed by atoms with E-state index in [1.807, 2.05) is 0 Å². The van der Waals surface area contributed by atoms with E-state index in [2.05, 4.69) is 0 Å². The maximum atomic E-state index is 9.15. The van der Waals surface area contributed by atoms with E-state index in [1.165, 1.54) is 0 Å². The smallest absolute Gasteiger partial charge is 0.0837 e. The van der Waals surface area contributed by atoms with Crippen LogP contribution in [-0.2, 0) is 4.74 Å². The number of ether oxygens (including phenoxy) is 1. The van der Waals surface area contributed by atoms with Crippen molar-refractivity contribution in [3.05, 3.63) is 0 Å². The molecular weight excluding hydrogens is 104 g/mol. The molecule has 1 atom stereocenters. The molecule has 0 unspecified atom stereocenters. The molecule has 1 rings (SSSR count). The summed E-state index contributed by atoms with van der Waals surface area (Å²) in [6.07, 6.45) is 1.11. The Morgan fingerprint density at radius 3 is 2.38 bits per heavy atom. The second-order valence-electron chi connectivity index (χ2n) is 2.97. The van der Waals surface area contributed by atoms with Crippen molar-refractivity contribution in [2.24, 2.45) is 0 Å². The Morgan fingerprint density at radius 1 is 1.75 bits per heavy atom. The molecule has 0 aromatic carbocycles. The second-order valence-corrected chi connectivity index (χ2v) is 2.97. The Morgan fingerprint density at radius 2 is 2.25 bits per heavy atom. The molecule has 0 radical (unpaired) electrons. The summed E-state index contributed by atoms with van der Waals surface area (Å²) in [5.74, 6) is 0. The van der Waals surface area contributed by atoms with E-state index in [-0.39, 0.29) is 0 Å². The second kappa shape index (κ2) is 1.71. The van der Waals surface area contributed by atoms with Crippen molar-refractivity contribution in [1.82, 2.24) is 0 Å². The first-order chi connectivity index (χ1) is 3.58. The van der Waals surface area contributed by atoms with Crippen LogP contribution in [0.15, 0.2) is 0 Å². The van der Waals surface area contributed by atoms with Crippen molar-refractivity contribution in [3.8, 4) is 0 Å². The number of hydrogen-bond donors (Lipinski definition) is 1. The molecule has 0 amide bonds. The van der Waals surface area contributed by atoms with Gasteiger partial charge in [-0.2, -0.15) is 0 Å². The van der Waals surface area contributed by atoms with Crippen molar-refractivity contribution in [1.29, 1.82) is 0 Å². The van der Waals surface area contributed by atoms with Crippen LogP contribution in [0.3, 0.4) is 0 Å². The van der Waals surface area contributed by atoms with E-state index in [1.54, 1.807) is 13.8 Å². The average Bonchev–Trinajstić information content (AvgIpc) is 2.12. The van der Waals surface area contributed by atoms with Crippen LogP contribution in [-0.4, -0.2) is 23.4 Å². The van der Waals surface area contributed by atoms with Crippen LogP contribution >= 0.6 is 0 Å². The average molecular weight is 116 g/mol. The lowest BCUT2D eigenvalue weighted by atomic mass is 10.0. The molecule has 0 bridgehead atoms. The van der Waals surface area contributed by atoms with Gasteiger partial charge in [0.2, 0.25) is 0 Å². The molecule has 1 N–H and O–H groups in total. The molecule has 48 valence electrons. The SMILES string of the molecule is CC(C)(O)C[C@@H]1CO1. The van der Waals surface area contributed by atoms with E-state index in [4.69, 9.17) is 9.84 Å². The molecule has 2 nitrogen and oxygen atoms in total. The minimum Gasteiger partial charge on any atom is -0.390 e. The van der Waals surface area contributed by atoms with Crippen LogP contribution in [0.25, 0.3) is 0 Å². The molecule has 0 aliphatic carbocycles. The Kier molecular flexibility index (Phi) is 1.29. The molecule has 0 aromatic rings. The zero-order chi connectivity index (χ0) is 6.20. The monoisotopic (exact) mass is 116 g/mol. The van der Waals surface area contributed by atoms with Crippen molar-refractivity contribution < 1.29 is 9.84 Å². The summed E-state index contributed by atoms with van der Waals surface area (Å²) < 4.78 is 4.92. The highest BCUT2D eigenvalue weighted by Crippen LogP contribution is 2.21. The van der Waals surface area contributed by atoms with Gasteiger partial charge in [0.05, 0.1) is 18.3 Å². The van der Waals surface area contributed by atoms with E-state index in [0.29, 0.717) is 6.10 Å². The summed E-state index contributed by atoms with van der Waals surface area (Å²) in [4.78, 5) is 0. The molecule has 1 heterocycles. The summed E-state index contributed by atoms with van der Waals surface area (Å²) in [5.41, 5.74) is -0.541. The highest BCUT2D eigenvalue weighted by atomic mass is 16.6. The van der Waals surface area contributed by atoms with Gasteiger partial charge in [0, 0.05) is 6.42 Å². The number of aliphatic hydroxyl groups is 1. The lowest BCUT2D eigenvalue weighted by Crippen LogP contribution is -2.20. The number of hydrogen-bond acceptors (Lipinski definition) is 2. The Hall–Kier alpha value is -0.0800. The van der Waals surface area contributed by atoms with Gasteiger partial charge in [0.25, 0.3) is 0 Å². The first kappa shape index (κ1) is 6.05. The van der Waals surface area contributed by atoms with Crippen molar-refractivity contribution in [2.45, 2.75) is 32.0 Å². The van der Waals surface area contributed by atoms with Crippen molar-refractivity contribution in [3.63, 3.8) is 0 Å². The Labute approximate surface area is 49.5 Å². The van der Waals surface area contributed by atoms with Crippen molar-refractivity contribution >= 4 is 0 Å². The van der Waals surface area contributed by atoms with Gasteiger partial charge >= 0.3 is 0 Å². The molecule has 1 fully saturated rings. The van der Waals surface area contributed by atoms with Crippen LogP contribution in [0, 0.1) is 0 Å². The molecule has 8 heavy (non-hydrogen) atoms. The molecule has 1 aliphatic rings. The van der Waals surface area contributed by atoms with Gasteiger partial charge in [-0.3, -0.25) is 0 Å². The summed E-state index contributed by atoms with van der Waals surface area (Å²) in [6, 6.07) is 0. The predicted octanol–water partition coefficient (Wildman–Crippen LogP) is 0.546.